The minimum Gasteiger partial charge on any atom is -0.523 e. The number of hydrogen-bond acceptors (Lipinski definition) is 14. The van der Waals surface area contributed by atoms with E-state index in [9.17, 15) is 29.1 Å². The molecule has 0 aromatic heterocycles. The van der Waals surface area contributed by atoms with Crippen molar-refractivity contribution in [1.29, 1.82) is 0 Å². The zero-order valence-corrected chi connectivity index (χ0v) is 88.6. The number of rotatable bonds is 0. The Morgan fingerprint density at radius 2 is 0.568 bits per heavy atom. The van der Waals surface area contributed by atoms with Crippen LogP contribution in [0, 0.1) is 190 Å². The summed E-state index contributed by atoms with van der Waals surface area (Å²) < 4.78 is 50.3. The average molecular weight is 2030 g/mol. The fraction of sp³-hybridized carbons (Fsp3) is 0.802. The molecule has 25 atom stereocenters. The fourth-order valence-electron chi connectivity index (χ4n) is 44.7. The number of allylic oxidation sites excluding steroid dienone is 17. The van der Waals surface area contributed by atoms with Gasteiger partial charge in [-0.3, -0.25) is 14.4 Å². The number of aliphatic hydroxyl groups is 1. The highest BCUT2D eigenvalue weighted by Crippen LogP contribution is 2.79. The highest BCUT2D eigenvalue weighted by Gasteiger charge is 2.76. The van der Waals surface area contributed by atoms with Crippen molar-refractivity contribution >= 4 is 28.9 Å². The SMILES string of the molecule is C.C.C.C.C.C[C@]12CCC(=O)C3(CC=CC3)C1=CC[C@@H]1[C@@H]2CC[C@@]2(C)[C@H]1CCC21OCCO1.C[C@]12CCC(=O)C3(CCCC3)C1=CC[C@@H]1[C@@H]2CC[C@@]2(C)[C@H]1CCC21OCCO1.[C-]#[N+]C1=C(O)C2(CCCC2)C2=CC[C@@H]3[C@H](CC[C@@]4(C)[C@H]3CCC43OCCO3)[C@@]2(C)C1.[C-]#[N+]C1=C[C@@]2(C)C(=CC[C@@H]3[C@@H]2CC[C@@]2(C)[C@H]3CCC23OCCO3)C2(CCCC2)C1=O.[C-]#[N+]C1=C[C@@]2(C)C(=CC[C@@H]3[C@@H]2CC[C@]2(C)C(=O)CC[C@@H]32)C2(CCCC2)C1=O. The quantitative estimate of drug-likeness (QED) is 0.178. The van der Waals surface area contributed by atoms with Crippen LogP contribution in [0.15, 0.2) is 105 Å². The molecule has 29 aliphatic rings. The summed E-state index contributed by atoms with van der Waals surface area (Å²) in [5.41, 5.74) is 7.93. The third-order valence-electron chi connectivity index (χ3n) is 51.2. The van der Waals surface area contributed by atoms with Crippen molar-refractivity contribution in [1.82, 2.24) is 0 Å². The van der Waals surface area contributed by atoms with E-state index in [-0.39, 0.29) is 148 Å². The van der Waals surface area contributed by atoms with Gasteiger partial charge in [0.05, 0.1) is 83.4 Å². The van der Waals surface area contributed by atoms with Crippen LogP contribution in [0.5, 0.6) is 0 Å². The number of Topliss-reactive ketones (excluding diaryl/α,β-unsaturated/α-hetero) is 5. The van der Waals surface area contributed by atoms with Gasteiger partial charge in [0.25, 0.3) is 0 Å². The predicted octanol–water partition coefficient (Wildman–Crippen LogP) is 30.7. The summed E-state index contributed by atoms with van der Waals surface area (Å²) in [5, 5.41) is 11.2. The molecule has 1 N–H and O–H groups in total. The molecule has 20 fully saturated rings. The Balaban J connectivity index is 0.000000111. The highest BCUT2D eigenvalue weighted by atomic mass is 16.8. The van der Waals surface area contributed by atoms with Gasteiger partial charge in [-0.05, 0) is 317 Å². The summed E-state index contributed by atoms with van der Waals surface area (Å²) in [6, 6.07) is 0. The van der Waals surface area contributed by atoms with Gasteiger partial charge in [-0.25, -0.2) is 14.5 Å². The largest absolute Gasteiger partial charge is 0.523 e. The van der Waals surface area contributed by atoms with Crippen LogP contribution in [0.4, 0.5) is 0 Å². The van der Waals surface area contributed by atoms with Crippen molar-refractivity contribution in [2.45, 2.75) is 438 Å². The van der Waals surface area contributed by atoms with E-state index < -0.39 is 5.41 Å². The second kappa shape index (κ2) is 37.6. The maximum absolute atomic E-state index is 13.4. The van der Waals surface area contributed by atoms with E-state index >= 15 is 0 Å². The summed E-state index contributed by atoms with van der Waals surface area (Å²) in [4.78, 5) is 76.7. The molecule has 9 spiro atoms. The lowest BCUT2D eigenvalue weighted by atomic mass is 9.44. The monoisotopic (exact) mass is 2030 g/mol. The first-order chi connectivity index (χ1) is 68.6. The predicted molar refractivity (Wildman–Crippen MR) is 580 cm³/mol. The lowest BCUT2D eigenvalue weighted by Gasteiger charge is -2.60. The zero-order chi connectivity index (χ0) is 99.0. The Bertz CT molecular complexity index is 5580. The van der Waals surface area contributed by atoms with E-state index in [0.717, 1.165) is 302 Å². The first kappa shape index (κ1) is 109. The smallest absolute Gasteiger partial charge is 0.227 e. The van der Waals surface area contributed by atoms with Gasteiger partial charge in [0, 0.05) is 99.1 Å². The molecular weight excluding hydrogens is 1840 g/mol. The van der Waals surface area contributed by atoms with Gasteiger partial charge in [-0.15, -0.1) is 0 Å². The van der Waals surface area contributed by atoms with Crippen molar-refractivity contribution in [2.24, 2.45) is 170 Å². The van der Waals surface area contributed by atoms with Crippen LogP contribution in [0.3, 0.4) is 0 Å². The number of aliphatic hydroxyl groups excluding tert-OH is 1. The van der Waals surface area contributed by atoms with E-state index in [1.807, 2.05) is 6.08 Å². The van der Waals surface area contributed by atoms with Gasteiger partial charge in [0.1, 0.15) is 23.1 Å². The van der Waals surface area contributed by atoms with Crippen molar-refractivity contribution < 1.29 is 67.0 Å². The topological polar surface area (TPSA) is 192 Å². The lowest BCUT2D eigenvalue weighted by molar-refractivity contribution is -0.242. The van der Waals surface area contributed by atoms with Gasteiger partial charge in [-0.2, -0.15) is 0 Å². The summed E-state index contributed by atoms with van der Waals surface area (Å²) in [6.45, 7) is 53.3. The third kappa shape index (κ3) is 14.2. The molecule has 4 aliphatic heterocycles. The summed E-state index contributed by atoms with van der Waals surface area (Å²) in [5.74, 6) is 10.1. The number of ether oxygens (including phenoxy) is 8. The molecule has 25 aliphatic carbocycles. The molecule has 0 aromatic rings. The third-order valence-corrected chi connectivity index (χ3v) is 51.2. The van der Waals surface area contributed by atoms with Crippen molar-refractivity contribution in [2.75, 3.05) is 52.9 Å². The van der Waals surface area contributed by atoms with E-state index in [0.29, 0.717) is 111 Å². The van der Waals surface area contributed by atoms with Crippen LogP contribution in [-0.2, 0) is 61.9 Å². The Hall–Kier alpha value is -6.04. The van der Waals surface area contributed by atoms with Gasteiger partial charge >= 0.3 is 0 Å². The molecular formula is C131H187N3O14. The van der Waals surface area contributed by atoms with E-state index in [1.165, 1.54) is 99.3 Å². The molecule has 0 amide bonds. The number of carbonyl (C=O) groups is 5. The van der Waals surface area contributed by atoms with Gasteiger partial charge in [0.15, 0.2) is 34.7 Å². The van der Waals surface area contributed by atoms with Crippen molar-refractivity contribution in [3.05, 3.63) is 140 Å². The second-order valence-corrected chi connectivity index (χ2v) is 55.2. The van der Waals surface area contributed by atoms with E-state index in [1.54, 1.807) is 5.57 Å². The van der Waals surface area contributed by atoms with Gasteiger partial charge in [-0.1, -0.05) is 240 Å². The van der Waals surface area contributed by atoms with Gasteiger partial charge in [0.2, 0.25) is 17.1 Å². The minimum absolute atomic E-state index is 0. The van der Waals surface area contributed by atoms with E-state index in [4.69, 9.17) is 57.6 Å². The number of ketones is 5. The summed E-state index contributed by atoms with van der Waals surface area (Å²) in [6.07, 6.45) is 72.5. The van der Waals surface area contributed by atoms with Crippen molar-refractivity contribution in [3.8, 4) is 0 Å². The molecule has 4 heterocycles. The maximum atomic E-state index is 13.4. The molecule has 0 unspecified atom stereocenters. The first-order valence-electron chi connectivity index (χ1n) is 58.6. The number of nitrogens with zero attached hydrogens (tertiary/aromatic N) is 3. The van der Waals surface area contributed by atoms with Crippen LogP contribution >= 0.6 is 0 Å². The number of hydrogen-bond donors (Lipinski definition) is 1. The minimum atomic E-state index is -0.402. The van der Waals surface area contributed by atoms with Crippen LogP contribution < -0.4 is 0 Å². The first-order valence-corrected chi connectivity index (χ1v) is 58.6. The van der Waals surface area contributed by atoms with E-state index in [2.05, 4.69) is 132 Å². The Kier molecular flexibility index (Phi) is 27.7. The molecule has 4 saturated heterocycles. The summed E-state index contributed by atoms with van der Waals surface area (Å²) in [7, 11) is 0. The molecule has 0 radical (unpaired) electrons. The summed E-state index contributed by atoms with van der Waals surface area (Å²) >= 11 is 0. The van der Waals surface area contributed by atoms with Crippen LogP contribution in [-0.4, -0.2) is 110 Å². The molecule has 148 heavy (non-hydrogen) atoms. The molecule has 17 heteroatoms. The molecule has 29 rings (SSSR count). The number of carbonyl (C=O) groups excluding carboxylic acids is 5. The van der Waals surface area contributed by atoms with Crippen LogP contribution in [0.25, 0.3) is 14.5 Å². The van der Waals surface area contributed by atoms with Gasteiger partial charge < -0.3 is 52.6 Å². The average Bonchev–Trinajstić information content (AvgIpc) is 1.54. The lowest BCUT2D eigenvalue weighted by Crippen LogP contribution is -2.57. The second-order valence-electron chi connectivity index (χ2n) is 55.2. The number of fused-ring (bicyclic) bond motifs is 34. The molecule has 17 nitrogen and oxygen atoms in total. The Labute approximate surface area is 890 Å². The molecule has 0 bridgehead atoms. The highest BCUT2D eigenvalue weighted by molar-refractivity contribution is 6.06. The Morgan fingerprint density at radius 1 is 0.284 bits per heavy atom. The standard InChI is InChI=1S/C26H35NO3.C26H33NO3.C25H36O3.C25H34O3.C24H29NO2.5CH4/c2*1-23-16-20(27-3)22(28)25(10-4-5-11-25)21(23)7-6-17-18(23)8-12-24(2)19(17)9-13-26(24)29-14-15-30-26;2*1-22-12-9-21(26)24(10-3-4-11-24)20(22)6-5-17-18(22)7-13-23(2)19(17)8-14-25(23)27-15-16-28-25;1-22-13-10-17-15(16(22)7-9-20(22)26)6-8-19-23(17,2)14-18(25-3)21(27)24(19)11-4-5-12-24;;;;;/h7,17-19,28H,4-6,8-16H2,1-2H3;7,16-19H,4-6,8-15H2,1-2H3;6,17-19H,3-5,7-16H2,1-2H3;3-4,6,17-19H,5,7-16H2,1-2H3;8,14-17H,4-7,9-13H2,1-2H3;5*1H4/t2*17-,18+,19+,23-,24+;2*17-,18+,19+,22-,23+;15-,16-,17-,22-,23+;;;;;/m11110...../s1. The Morgan fingerprint density at radius 3 is 0.926 bits per heavy atom. The zero-order valence-electron chi connectivity index (χ0n) is 88.6. The van der Waals surface area contributed by atoms with Crippen LogP contribution in [0.2, 0.25) is 0 Å². The van der Waals surface area contributed by atoms with Crippen molar-refractivity contribution in [3.63, 3.8) is 0 Å². The molecule has 16 saturated carbocycles. The fourth-order valence-corrected chi connectivity index (χ4v) is 44.7. The molecule has 810 valence electrons. The van der Waals surface area contributed by atoms with Crippen LogP contribution in [0.1, 0.15) is 415 Å². The molecule has 0 aromatic carbocycles. The normalized spacial score (nSPS) is 44.9. The maximum Gasteiger partial charge on any atom is 0.227 e.